The van der Waals surface area contributed by atoms with Crippen molar-refractivity contribution in [3.63, 3.8) is 0 Å². The second-order valence-electron chi connectivity index (χ2n) is 11.9. The Morgan fingerprint density at radius 3 is 2.27 bits per heavy atom. The largest absolute Gasteiger partial charge is 0.439 e. The lowest BCUT2D eigenvalue weighted by atomic mass is 9.88. The molecular formula is C44H33BrN2O. The van der Waals surface area contributed by atoms with Gasteiger partial charge in [-0.15, -0.1) is 0 Å². The minimum Gasteiger partial charge on any atom is -0.439 e. The normalized spacial score (nSPS) is 12.2. The van der Waals surface area contributed by atoms with Gasteiger partial charge in [-0.1, -0.05) is 122 Å². The van der Waals surface area contributed by atoms with E-state index in [1.54, 1.807) is 0 Å². The number of fused-ring (bicyclic) bond motifs is 4. The van der Waals surface area contributed by atoms with E-state index in [9.17, 15) is 0 Å². The van der Waals surface area contributed by atoms with Crippen LogP contribution < -0.4 is 0 Å². The topological polar surface area (TPSA) is 31.0 Å². The zero-order valence-electron chi connectivity index (χ0n) is 26.6. The first-order valence-corrected chi connectivity index (χ1v) is 17.2. The maximum Gasteiger partial charge on any atom is 0.199 e. The van der Waals surface area contributed by atoms with Crippen molar-refractivity contribution < 1.29 is 4.42 Å². The second-order valence-corrected chi connectivity index (χ2v) is 12.7. The first-order chi connectivity index (χ1) is 23.7. The third-order valence-corrected chi connectivity index (χ3v) is 9.50. The monoisotopic (exact) mass is 684 g/mol. The van der Waals surface area contributed by atoms with Gasteiger partial charge in [0.15, 0.2) is 11.5 Å². The molecule has 0 radical (unpaired) electrons. The van der Waals surface area contributed by atoms with Crippen LogP contribution in [0.3, 0.4) is 0 Å². The predicted octanol–water partition coefficient (Wildman–Crippen LogP) is 12.6. The SMILES string of the molecule is CC/C=C(\C=C/Cc1nc2cccc(Br)c2o1)c1ccccc1-c1ccccc1-c1ccc2c(c1)c1ccccc1n2-c1ccccc1. The summed E-state index contributed by atoms with van der Waals surface area (Å²) in [5.74, 6) is 0.701. The quantitative estimate of drug-likeness (QED) is 0.149. The fraction of sp³-hybridized carbons (Fsp3) is 0.0682. The van der Waals surface area contributed by atoms with Crippen LogP contribution in [-0.4, -0.2) is 9.55 Å². The van der Waals surface area contributed by atoms with Gasteiger partial charge in [-0.05, 0) is 98.2 Å². The maximum absolute atomic E-state index is 6.06. The fourth-order valence-electron chi connectivity index (χ4n) is 6.76. The van der Waals surface area contributed by atoms with Crippen molar-refractivity contribution in [3.8, 4) is 27.9 Å². The van der Waals surface area contributed by atoms with Crippen LogP contribution in [0.5, 0.6) is 0 Å². The first kappa shape index (κ1) is 29.9. The molecule has 0 unspecified atom stereocenters. The summed E-state index contributed by atoms with van der Waals surface area (Å²) >= 11 is 3.58. The Hall–Kier alpha value is -5.45. The van der Waals surface area contributed by atoms with Crippen molar-refractivity contribution in [1.82, 2.24) is 9.55 Å². The number of rotatable bonds is 8. The zero-order chi connectivity index (χ0) is 32.5. The van der Waals surface area contributed by atoms with Crippen LogP contribution in [0.1, 0.15) is 24.8 Å². The number of benzene rings is 6. The number of nitrogens with zero attached hydrogens (tertiary/aromatic N) is 2. The summed E-state index contributed by atoms with van der Waals surface area (Å²) in [6.45, 7) is 2.18. The van der Waals surface area contributed by atoms with Crippen molar-refractivity contribution in [1.29, 1.82) is 0 Å². The van der Waals surface area contributed by atoms with Crippen LogP contribution in [-0.2, 0) is 6.42 Å². The molecule has 0 saturated carbocycles. The molecule has 0 spiro atoms. The van der Waals surface area contributed by atoms with Gasteiger partial charge in [0.25, 0.3) is 0 Å². The van der Waals surface area contributed by atoms with E-state index in [1.165, 1.54) is 55.2 Å². The average Bonchev–Trinajstić information content (AvgIpc) is 3.71. The standard InChI is InChI=1S/C44H33BrN2O/c1-2-14-30(15-12-26-43-46-40-24-13-23-39(45)44(40)48-43)33-18-6-8-20-35(33)36-21-9-7-19-34(36)31-27-28-42-38(29-31)37-22-10-11-25-41(37)47(42)32-16-4-3-5-17-32/h3-25,27-29H,2,26H2,1H3/b15-12-,30-14+. The molecule has 6 aromatic carbocycles. The molecule has 0 saturated heterocycles. The predicted molar refractivity (Wildman–Crippen MR) is 204 cm³/mol. The van der Waals surface area contributed by atoms with Gasteiger partial charge in [-0.25, -0.2) is 4.98 Å². The molecule has 0 aliphatic rings. The Balaban J connectivity index is 1.19. The van der Waals surface area contributed by atoms with Crippen molar-refractivity contribution in [2.24, 2.45) is 0 Å². The number of aromatic nitrogens is 2. The number of hydrogen-bond donors (Lipinski definition) is 0. The summed E-state index contributed by atoms with van der Waals surface area (Å²) in [5.41, 5.74) is 12.4. The minimum absolute atomic E-state index is 0.609. The van der Waals surface area contributed by atoms with Crippen LogP contribution >= 0.6 is 15.9 Å². The van der Waals surface area contributed by atoms with Gasteiger partial charge in [0.05, 0.1) is 15.5 Å². The number of halogens is 1. The van der Waals surface area contributed by atoms with Crippen molar-refractivity contribution in [3.05, 3.63) is 174 Å². The highest BCUT2D eigenvalue weighted by Crippen LogP contribution is 2.40. The summed E-state index contributed by atoms with van der Waals surface area (Å²) in [5, 5.41) is 2.50. The molecule has 0 bridgehead atoms. The van der Waals surface area contributed by atoms with E-state index < -0.39 is 0 Å². The molecule has 0 aliphatic carbocycles. The number of allylic oxidation sites excluding steroid dienone is 4. The molecule has 2 heterocycles. The molecule has 0 fully saturated rings. The molecule has 48 heavy (non-hydrogen) atoms. The van der Waals surface area contributed by atoms with Crippen LogP contribution in [0.2, 0.25) is 0 Å². The van der Waals surface area contributed by atoms with E-state index in [0.717, 1.165) is 27.7 Å². The Bertz CT molecular complexity index is 2480. The highest BCUT2D eigenvalue weighted by molar-refractivity contribution is 9.10. The summed E-state index contributed by atoms with van der Waals surface area (Å²) in [6, 6.07) is 49.6. The van der Waals surface area contributed by atoms with Gasteiger partial charge in [0.1, 0.15) is 5.52 Å². The molecule has 2 aromatic heterocycles. The van der Waals surface area contributed by atoms with Crippen LogP contribution in [0, 0.1) is 0 Å². The minimum atomic E-state index is 0.609. The van der Waals surface area contributed by atoms with Gasteiger partial charge in [0.2, 0.25) is 0 Å². The Labute approximate surface area is 288 Å². The number of oxazole rings is 1. The first-order valence-electron chi connectivity index (χ1n) is 16.4. The van der Waals surface area contributed by atoms with E-state index in [-0.39, 0.29) is 0 Å². The molecule has 232 valence electrons. The zero-order valence-corrected chi connectivity index (χ0v) is 28.2. The highest BCUT2D eigenvalue weighted by atomic mass is 79.9. The molecule has 0 N–H and O–H groups in total. The molecule has 4 heteroatoms. The third kappa shape index (κ3) is 5.48. The van der Waals surface area contributed by atoms with E-state index in [2.05, 4.69) is 172 Å². The maximum atomic E-state index is 6.06. The van der Waals surface area contributed by atoms with E-state index in [1.807, 2.05) is 18.2 Å². The average molecular weight is 686 g/mol. The number of para-hydroxylation sites is 3. The molecule has 0 atom stereocenters. The molecule has 8 aromatic rings. The lowest BCUT2D eigenvalue weighted by Crippen LogP contribution is -1.93. The Morgan fingerprint density at radius 1 is 0.708 bits per heavy atom. The van der Waals surface area contributed by atoms with Crippen molar-refractivity contribution >= 4 is 54.4 Å². The summed E-state index contributed by atoms with van der Waals surface area (Å²) < 4.78 is 9.34. The van der Waals surface area contributed by atoms with Crippen LogP contribution in [0.4, 0.5) is 0 Å². The van der Waals surface area contributed by atoms with E-state index in [4.69, 9.17) is 4.42 Å². The Morgan fingerprint density at radius 2 is 1.44 bits per heavy atom. The summed E-state index contributed by atoms with van der Waals surface area (Å²) in [7, 11) is 0. The van der Waals surface area contributed by atoms with Gasteiger partial charge in [-0.2, -0.15) is 0 Å². The molecular weight excluding hydrogens is 652 g/mol. The molecule has 3 nitrogen and oxygen atoms in total. The van der Waals surface area contributed by atoms with Gasteiger partial charge < -0.3 is 8.98 Å². The fourth-order valence-corrected chi connectivity index (χ4v) is 7.20. The lowest BCUT2D eigenvalue weighted by Gasteiger charge is -2.16. The summed E-state index contributed by atoms with van der Waals surface area (Å²) in [4.78, 5) is 4.69. The molecule has 8 rings (SSSR count). The highest BCUT2D eigenvalue weighted by Gasteiger charge is 2.16. The van der Waals surface area contributed by atoms with Crippen LogP contribution in [0.15, 0.2) is 167 Å². The molecule has 0 aliphatic heterocycles. The number of hydrogen-bond acceptors (Lipinski definition) is 2. The van der Waals surface area contributed by atoms with Gasteiger partial charge in [0, 0.05) is 22.9 Å². The van der Waals surface area contributed by atoms with Gasteiger partial charge in [-0.3, -0.25) is 0 Å². The molecule has 0 amide bonds. The van der Waals surface area contributed by atoms with Crippen molar-refractivity contribution in [2.75, 3.05) is 0 Å². The second kappa shape index (κ2) is 13.0. The van der Waals surface area contributed by atoms with Gasteiger partial charge >= 0.3 is 0 Å². The lowest BCUT2D eigenvalue weighted by molar-refractivity contribution is 0.545. The Kier molecular flexibility index (Phi) is 8.09. The van der Waals surface area contributed by atoms with Crippen molar-refractivity contribution in [2.45, 2.75) is 19.8 Å². The van der Waals surface area contributed by atoms with E-state index in [0.29, 0.717) is 12.3 Å². The smallest absolute Gasteiger partial charge is 0.199 e. The van der Waals surface area contributed by atoms with E-state index >= 15 is 0 Å². The third-order valence-electron chi connectivity index (χ3n) is 8.88. The summed E-state index contributed by atoms with van der Waals surface area (Å²) in [6.07, 6.45) is 8.19. The van der Waals surface area contributed by atoms with Crippen LogP contribution in [0.25, 0.3) is 66.4 Å².